The van der Waals surface area contributed by atoms with Crippen LogP contribution in [0.3, 0.4) is 0 Å². The third kappa shape index (κ3) is 4.02. The van der Waals surface area contributed by atoms with Gasteiger partial charge in [0.15, 0.2) is 0 Å². The first-order valence-electron chi connectivity index (χ1n) is 6.84. The first-order valence-corrected chi connectivity index (χ1v) is 6.84. The molecule has 0 spiro atoms. The molecule has 0 fully saturated rings. The smallest absolute Gasteiger partial charge is 0.0610 e. The van der Waals surface area contributed by atoms with Gasteiger partial charge in [-0.3, -0.25) is 5.01 Å². The lowest BCUT2D eigenvalue weighted by molar-refractivity contribution is 0.263. The molecule has 1 aliphatic heterocycles. The van der Waals surface area contributed by atoms with E-state index in [1.807, 2.05) is 6.08 Å². The molecule has 2 nitrogen and oxygen atoms in total. The van der Waals surface area contributed by atoms with Crippen molar-refractivity contribution in [3.05, 3.63) is 48.6 Å². The van der Waals surface area contributed by atoms with Crippen LogP contribution in [0, 0.1) is 0 Å². The minimum Gasteiger partial charge on any atom is -0.293 e. The van der Waals surface area contributed by atoms with Crippen LogP contribution >= 0.6 is 0 Å². The van der Waals surface area contributed by atoms with Gasteiger partial charge < -0.3 is 0 Å². The van der Waals surface area contributed by atoms with E-state index in [1.54, 1.807) is 0 Å². The second-order valence-electron chi connectivity index (χ2n) is 4.82. The number of hydrazone groups is 1. The van der Waals surface area contributed by atoms with E-state index in [0.717, 1.165) is 25.9 Å². The predicted octanol–water partition coefficient (Wildman–Crippen LogP) is 3.99. The Hall–Kier alpha value is -1.57. The van der Waals surface area contributed by atoms with Gasteiger partial charge in [-0.05, 0) is 37.7 Å². The number of rotatable bonds is 6. The van der Waals surface area contributed by atoms with Crippen LogP contribution in [-0.2, 0) is 6.54 Å². The van der Waals surface area contributed by atoms with Gasteiger partial charge in [-0.25, -0.2) is 0 Å². The highest BCUT2D eigenvalue weighted by molar-refractivity contribution is 5.84. The summed E-state index contributed by atoms with van der Waals surface area (Å²) >= 11 is 0. The lowest BCUT2D eigenvalue weighted by Gasteiger charge is -2.25. The molecule has 0 unspecified atom stereocenters. The molecule has 18 heavy (non-hydrogen) atoms. The lowest BCUT2D eigenvalue weighted by atomic mass is 10.1. The van der Waals surface area contributed by atoms with Gasteiger partial charge in [0.25, 0.3) is 0 Å². The van der Waals surface area contributed by atoms with E-state index in [-0.39, 0.29) is 0 Å². The second kappa shape index (κ2) is 7.00. The molecule has 0 saturated carbocycles. The summed E-state index contributed by atoms with van der Waals surface area (Å²) in [5, 5.41) is 6.97. The Morgan fingerprint density at radius 2 is 2.11 bits per heavy atom. The predicted molar refractivity (Wildman–Crippen MR) is 77.6 cm³/mol. The maximum Gasteiger partial charge on any atom is 0.0610 e. The zero-order valence-electron chi connectivity index (χ0n) is 11.0. The highest BCUT2D eigenvalue weighted by Crippen LogP contribution is 2.14. The average Bonchev–Trinajstić information content (AvgIpc) is 2.41. The molecule has 0 N–H and O–H groups in total. The zero-order chi connectivity index (χ0) is 12.6. The Balaban J connectivity index is 1.88. The molecule has 0 aromatic heterocycles. The summed E-state index contributed by atoms with van der Waals surface area (Å²) < 4.78 is 0. The molecule has 2 heteroatoms. The van der Waals surface area contributed by atoms with E-state index in [9.17, 15) is 0 Å². The SMILES string of the molecule is C=CCCCC1=NN(Cc2ccccc2)CCC1. The topological polar surface area (TPSA) is 15.6 Å². The molecule has 0 saturated heterocycles. The molecule has 2 rings (SSSR count). The fourth-order valence-corrected chi connectivity index (χ4v) is 2.30. The standard InChI is InChI=1S/C16H22N2/c1-2-3-5-11-16-12-8-13-18(17-16)14-15-9-6-4-7-10-15/h2,4,6-7,9-10H,1,3,5,8,11-14H2. The molecular formula is C16H22N2. The summed E-state index contributed by atoms with van der Waals surface area (Å²) in [6.45, 7) is 5.78. The van der Waals surface area contributed by atoms with Gasteiger partial charge in [0.05, 0.1) is 6.54 Å². The van der Waals surface area contributed by atoms with Crippen molar-refractivity contribution >= 4 is 5.71 Å². The van der Waals surface area contributed by atoms with E-state index in [2.05, 4.69) is 41.9 Å². The Kier molecular flexibility index (Phi) is 5.00. The molecule has 1 aromatic rings. The molecule has 1 aromatic carbocycles. The molecule has 0 amide bonds. The van der Waals surface area contributed by atoms with Gasteiger partial charge in [0.2, 0.25) is 0 Å². The van der Waals surface area contributed by atoms with E-state index in [4.69, 9.17) is 5.10 Å². The van der Waals surface area contributed by atoms with Crippen molar-refractivity contribution in [2.24, 2.45) is 5.10 Å². The van der Waals surface area contributed by atoms with Crippen LogP contribution < -0.4 is 0 Å². The van der Waals surface area contributed by atoms with Gasteiger partial charge in [0, 0.05) is 12.3 Å². The van der Waals surface area contributed by atoms with Crippen LogP contribution in [0.4, 0.5) is 0 Å². The molecule has 96 valence electrons. The minimum atomic E-state index is 0.936. The third-order valence-electron chi connectivity index (χ3n) is 3.25. The first-order chi connectivity index (χ1) is 8.88. The van der Waals surface area contributed by atoms with Gasteiger partial charge in [-0.15, -0.1) is 6.58 Å². The van der Waals surface area contributed by atoms with E-state index >= 15 is 0 Å². The summed E-state index contributed by atoms with van der Waals surface area (Å²) in [4.78, 5) is 0. The number of hydrogen-bond acceptors (Lipinski definition) is 2. The summed E-state index contributed by atoms with van der Waals surface area (Å²) in [5.74, 6) is 0. The molecule has 0 bridgehead atoms. The van der Waals surface area contributed by atoms with Crippen LogP contribution in [0.2, 0.25) is 0 Å². The van der Waals surface area contributed by atoms with Crippen molar-refractivity contribution in [3.8, 4) is 0 Å². The number of hydrogen-bond donors (Lipinski definition) is 0. The average molecular weight is 242 g/mol. The largest absolute Gasteiger partial charge is 0.293 e. The van der Waals surface area contributed by atoms with E-state index in [1.165, 1.54) is 30.5 Å². The van der Waals surface area contributed by atoms with Crippen molar-refractivity contribution in [1.82, 2.24) is 5.01 Å². The Morgan fingerprint density at radius 1 is 1.28 bits per heavy atom. The number of unbranched alkanes of at least 4 members (excludes halogenated alkanes) is 1. The van der Waals surface area contributed by atoms with Crippen molar-refractivity contribution in [2.75, 3.05) is 6.54 Å². The van der Waals surface area contributed by atoms with E-state index in [0.29, 0.717) is 0 Å². The van der Waals surface area contributed by atoms with Crippen LogP contribution in [0.1, 0.15) is 37.7 Å². The van der Waals surface area contributed by atoms with Crippen molar-refractivity contribution in [3.63, 3.8) is 0 Å². The van der Waals surface area contributed by atoms with Crippen LogP contribution in [-0.4, -0.2) is 17.3 Å². The first kappa shape index (κ1) is 12.9. The summed E-state index contributed by atoms with van der Waals surface area (Å²) in [5.41, 5.74) is 2.70. The fourth-order valence-electron chi connectivity index (χ4n) is 2.30. The monoisotopic (exact) mass is 242 g/mol. The zero-order valence-corrected chi connectivity index (χ0v) is 11.0. The maximum atomic E-state index is 4.76. The van der Waals surface area contributed by atoms with Crippen LogP contribution in [0.25, 0.3) is 0 Å². The fraction of sp³-hybridized carbons (Fsp3) is 0.438. The maximum absolute atomic E-state index is 4.76. The summed E-state index contributed by atoms with van der Waals surface area (Å²) in [6.07, 6.45) is 7.80. The number of benzene rings is 1. The Morgan fingerprint density at radius 3 is 2.89 bits per heavy atom. The Labute approximate surface area is 110 Å². The van der Waals surface area contributed by atoms with Crippen LogP contribution in [0.5, 0.6) is 0 Å². The highest BCUT2D eigenvalue weighted by atomic mass is 15.5. The Bertz CT molecular complexity index is 395. The lowest BCUT2D eigenvalue weighted by Crippen LogP contribution is -2.25. The second-order valence-corrected chi connectivity index (χ2v) is 4.82. The van der Waals surface area contributed by atoms with Gasteiger partial charge >= 0.3 is 0 Å². The normalized spacial score (nSPS) is 15.3. The van der Waals surface area contributed by atoms with Gasteiger partial charge in [-0.1, -0.05) is 36.4 Å². The summed E-state index contributed by atoms with van der Waals surface area (Å²) in [7, 11) is 0. The van der Waals surface area contributed by atoms with Crippen LogP contribution in [0.15, 0.2) is 48.1 Å². The third-order valence-corrected chi connectivity index (χ3v) is 3.25. The minimum absolute atomic E-state index is 0.936. The van der Waals surface area contributed by atoms with Crippen molar-refractivity contribution < 1.29 is 0 Å². The van der Waals surface area contributed by atoms with Crippen molar-refractivity contribution in [2.45, 2.75) is 38.6 Å². The number of nitrogens with zero attached hydrogens (tertiary/aromatic N) is 2. The molecule has 0 atom stereocenters. The highest BCUT2D eigenvalue weighted by Gasteiger charge is 2.11. The molecule has 0 aliphatic carbocycles. The van der Waals surface area contributed by atoms with Crippen molar-refractivity contribution in [1.29, 1.82) is 0 Å². The van der Waals surface area contributed by atoms with E-state index < -0.39 is 0 Å². The molecule has 0 radical (unpaired) electrons. The molecular weight excluding hydrogens is 220 g/mol. The quantitative estimate of drug-likeness (QED) is 0.544. The number of allylic oxidation sites excluding steroid dienone is 1. The molecule has 1 aliphatic rings. The molecule has 1 heterocycles. The van der Waals surface area contributed by atoms with Gasteiger partial charge in [-0.2, -0.15) is 5.10 Å². The summed E-state index contributed by atoms with van der Waals surface area (Å²) in [6, 6.07) is 10.6. The van der Waals surface area contributed by atoms with Gasteiger partial charge in [0.1, 0.15) is 0 Å².